The van der Waals surface area contributed by atoms with Crippen LogP contribution in [-0.2, 0) is 27.1 Å². The highest BCUT2D eigenvalue weighted by molar-refractivity contribution is 6.00. The lowest BCUT2D eigenvalue weighted by Crippen LogP contribution is -2.32. The molecule has 0 aromatic heterocycles. The van der Waals surface area contributed by atoms with Crippen LogP contribution in [-0.4, -0.2) is 30.9 Å². The second kappa shape index (κ2) is 11.2. The van der Waals surface area contributed by atoms with Crippen molar-refractivity contribution in [1.82, 2.24) is 5.32 Å². The lowest BCUT2D eigenvalue weighted by Gasteiger charge is -2.17. The maximum Gasteiger partial charge on any atom is 0.418 e. The molecule has 2 N–H and O–H groups in total. The van der Waals surface area contributed by atoms with Gasteiger partial charge in [-0.05, 0) is 42.0 Å². The van der Waals surface area contributed by atoms with Crippen LogP contribution in [0.3, 0.4) is 0 Å². The van der Waals surface area contributed by atoms with Gasteiger partial charge in [-0.1, -0.05) is 42.5 Å². The smallest absolute Gasteiger partial charge is 0.418 e. The number of hydrogen-bond acceptors (Lipinski definition) is 4. The van der Waals surface area contributed by atoms with Crippen molar-refractivity contribution in [3.8, 4) is 5.75 Å². The number of carbonyl (C=O) groups excluding carboxylic acids is 3. The van der Waals surface area contributed by atoms with Crippen molar-refractivity contribution in [1.29, 1.82) is 0 Å². The summed E-state index contributed by atoms with van der Waals surface area (Å²) in [6.45, 7) is 0.115. The molecule has 3 amide bonds. The molecule has 1 saturated heterocycles. The Morgan fingerprint density at radius 3 is 2.32 bits per heavy atom. The second-order valence-corrected chi connectivity index (χ2v) is 8.48. The van der Waals surface area contributed by atoms with Crippen LogP contribution < -0.4 is 20.3 Å². The fourth-order valence-corrected chi connectivity index (χ4v) is 3.96. The van der Waals surface area contributed by atoms with Crippen LogP contribution in [0.15, 0.2) is 78.9 Å². The van der Waals surface area contributed by atoms with Crippen LogP contribution in [0.2, 0.25) is 0 Å². The molecule has 0 bridgehead atoms. The molecule has 192 valence electrons. The highest BCUT2D eigenvalue weighted by Gasteiger charge is 2.35. The highest BCUT2D eigenvalue weighted by Crippen LogP contribution is 2.34. The molecular formula is C27H24F3N3O4. The standard InChI is InChI=1S/C27H24F3N3O4/c28-27(29,30)22-8-4-5-9-23(22)32-24(34)17-37-21-12-10-20(11-13-21)33-16-19(14-25(33)35)26(36)31-15-18-6-2-1-3-7-18/h1-13,19H,14-17H2,(H,31,36)(H,32,34)/t19-/m1/s1. The molecule has 0 aliphatic carbocycles. The van der Waals surface area contributed by atoms with Crippen molar-refractivity contribution < 1.29 is 32.3 Å². The van der Waals surface area contributed by atoms with E-state index in [1.807, 2.05) is 30.3 Å². The monoisotopic (exact) mass is 511 g/mol. The van der Waals surface area contributed by atoms with E-state index in [0.717, 1.165) is 17.7 Å². The quantitative estimate of drug-likeness (QED) is 0.470. The molecule has 1 atom stereocenters. The molecule has 3 aromatic rings. The van der Waals surface area contributed by atoms with E-state index in [2.05, 4.69) is 10.6 Å². The maximum atomic E-state index is 13.1. The first kappa shape index (κ1) is 25.7. The van der Waals surface area contributed by atoms with E-state index >= 15 is 0 Å². The average molecular weight is 512 g/mol. The third-order valence-corrected chi connectivity index (χ3v) is 5.83. The molecule has 1 fully saturated rings. The van der Waals surface area contributed by atoms with E-state index < -0.39 is 30.2 Å². The van der Waals surface area contributed by atoms with Crippen LogP contribution >= 0.6 is 0 Å². The number of amides is 3. The van der Waals surface area contributed by atoms with E-state index in [1.54, 1.807) is 24.3 Å². The first-order valence-electron chi connectivity index (χ1n) is 11.5. The molecule has 0 unspecified atom stereocenters. The molecule has 4 rings (SSSR count). The summed E-state index contributed by atoms with van der Waals surface area (Å²) in [5, 5.41) is 5.07. The zero-order valence-corrected chi connectivity index (χ0v) is 19.6. The van der Waals surface area contributed by atoms with Crippen LogP contribution in [0.25, 0.3) is 0 Å². The Bertz CT molecular complexity index is 1260. The van der Waals surface area contributed by atoms with Crippen LogP contribution in [0, 0.1) is 5.92 Å². The van der Waals surface area contributed by atoms with Gasteiger partial charge in [0.25, 0.3) is 5.91 Å². The first-order chi connectivity index (χ1) is 17.7. The molecule has 10 heteroatoms. The fourth-order valence-electron chi connectivity index (χ4n) is 3.96. The topological polar surface area (TPSA) is 87.7 Å². The van der Waals surface area contributed by atoms with Gasteiger partial charge in [0, 0.05) is 25.2 Å². The minimum atomic E-state index is -4.60. The summed E-state index contributed by atoms with van der Waals surface area (Å²) < 4.78 is 44.6. The normalized spacial score (nSPS) is 15.4. The SMILES string of the molecule is O=C(COc1ccc(N2C[C@H](C(=O)NCc3ccccc3)CC2=O)cc1)Nc1ccccc1C(F)(F)F. The molecule has 1 heterocycles. The van der Waals surface area contributed by atoms with Gasteiger partial charge in [-0.2, -0.15) is 13.2 Å². The number of para-hydroxylation sites is 1. The minimum absolute atomic E-state index is 0.0957. The van der Waals surface area contributed by atoms with Crippen molar-refractivity contribution in [2.45, 2.75) is 19.1 Å². The van der Waals surface area contributed by atoms with Gasteiger partial charge in [-0.25, -0.2) is 0 Å². The summed E-state index contributed by atoms with van der Waals surface area (Å²) in [4.78, 5) is 38.7. The number of nitrogens with one attached hydrogen (secondary N) is 2. The van der Waals surface area contributed by atoms with E-state index in [-0.39, 0.29) is 30.5 Å². The van der Waals surface area contributed by atoms with Gasteiger partial charge >= 0.3 is 6.18 Å². The molecule has 1 aliphatic heterocycles. The van der Waals surface area contributed by atoms with Crippen LogP contribution in [0.4, 0.5) is 24.5 Å². The van der Waals surface area contributed by atoms with E-state index in [0.29, 0.717) is 18.0 Å². The molecule has 7 nitrogen and oxygen atoms in total. The molecule has 0 spiro atoms. The summed E-state index contributed by atoms with van der Waals surface area (Å²) in [6.07, 6.45) is -4.51. The number of benzene rings is 3. The number of nitrogens with zero attached hydrogens (tertiary/aromatic N) is 1. The Hall–Kier alpha value is -4.34. The molecule has 0 saturated carbocycles. The fraction of sp³-hybridized carbons (Fsp3) is 0.222. The summed E-state index contributed by atoms with van der Waals surface area (Å²) in [6, 6.07) is 20.5. The zero-order valence-electron chi connectivity index (χ0n) is 19.6. The third-order valence-electron chi connectivity index (χ3n) is 5.83. The number of carbonyl (C=O) groups is 3. The summed E-state index contributed by atoms with van der Waals surface area (Å²) in [5.74, 6) is -1.31. The van der Waals surface area contributed by atoms with E-state index in [1.165, 1.54) is 17.0 Å². The van der Waals surface area contributed by atoms with Gasteiger partial charge in [0.05, 0.1) is 17.2 Å². The first-order valence-corrected chi connectivity index (χ1v) is 11.5. The van der Waals surface area contributed by atoms with Gasteiger partial charge in [-0.3, -0.25) is 14.4 Å². The Kier molecular flexibility index (Phi) is 7.76. The number of halogens is 3. The van der Waals surface area contributed by atoms with Crippen molar-refractivity contribution in [3.05, 3.63) is 90.0 Å². The largest absolute Gasteiger partial charge is 0.484 e. The zero-order chi connectivity index (χ0) is 26.4. The van der Waals surface area contributed by atoms with Crippen LogP contribution in [0.5, 0.6) is 5.75 Å². The number of ether oxygens (including phenoxy) is 1. The Balaban J connectivity index is 1.28. The Morgan fingerprint density at radius 2 is 1.62 bits per heavy atom. The Morgan fingerprint density at radius 1 is 0.946 bits per heavy atom. The number of rotatable bonds is 8. The highest BCUT2D eigenvalue weighted by atomic mass is 19.4. The predicted octanol–water partition coefficient (Wildman–Crippen LogP) is 4.39. The molecular weight excluding hydrogens is 487 g/mol. The molecule has 37 heavy (non-hydrogen) atoms. The minimum Gasteiger partial charge on any atom is -0.484 e. The number of anilines is 2. The summed E-state index contributed by atoms with van der Waals surface area (Å²) in [5.41, 5.74) is 0.231. The maximum absolute atomic E-state index is 13.1. The number of hydrogen-bond donors (Lipinski definition) is 2. The van der Waals surface area contributed by atoms with Gasteiger partial charge in [0.15, 0.2) is 6.61 Å². The van der Waals surface area contributed by atoms with Crippen molar-refractivity contribution in [3.63, 3.8) is 0 Å². The van der Waals surface area contributed by atoms with Crippen molar-refractivity contribution in [2.75, 3.05) is 23.4 Å². The van der Waals surface area contributed by atoms with Gasteiger partial charge < -0.3 is 20.3 Å². The average Bonchev–Trinajstić information content (AvgIpc) is 3.28. The second-order valence-electron chi connectivity index (χ2n) is 8.48. The van der Waals surface area contributed by atoms with Gasteiger partial charge in [0.2, 0.25) is 11.8 Å². The van der Waals surface area contributed by atoms with E-state index in [9.17, 15) is 27.6 Å². The predicted molar refractivity (Wildman–Crippen MR) is 131 cm³/mol. The van der Waals surface area contributed by atoms with Gasteiger partial charge in [-0.15, -0.1) is 0 Å². The Labute approximate surface area is 211 Å². The summed E-state index contributed by atoms with van der Waals surface area (Å²) >= 11 is 0. The molecule has 3 aromatic carbocycles. The molecule has 0 radical (unpaired) electrons. The lowest BCUT2D eigenvalue weighted by molar-refractivity contribution is -0.137. The lowest BCUT2D eigenvalue weighted by atomic mass is 10.1. The summed E-state index contributed by atoms with van der Waals surface area (Å²) in [7, 11) is 0. The number of alkyl halides is 3. The van der Waals surface area contributed by atoms with E-state index in [4.69, 9.17) is 4.74 Å². The van der Waals surface area contributed by atoms with Crippen molar-refractivity contribution in [2.24, 2.45) is 5.92 Å². The molecule has 1 aliphatic rings. The van der Waals surface area contributed by atoms with Crippen molar-refractivity contribution >= 4 is 29.1 Å². The van der Waals surface area contributed by atoms with Gasteiger partial charge in [0.1, 0.15) is 5.75 Å². The van der Waals surface area contributed by atoms with Crippen LogP contribution in [0.1, 0.15) is 17.5 Å². The third kappa shape index (κ3) is 6.66.